The van der Waals surface area contributed by atoms with Crippen molar-refractivity contribution in [2.24, 2.45) is 0 Å². The number of hydrogen-bond donors (Lipinski definition) is 2. The number of rotatable bonds is 4. The third-order valence-corrected chi connectivity index (χ3v) is 6.47. The van der Waals surface area contributed by atoms with Gasteiger partial charge in [0.2, 0.25) is 5.01 Å². The Hall–Kier alpha value is -3.26. The van der Waals surface area contributed by atoms with Crippen LogP contribution in [0, 0.1) is 13.8 Å². The Balaban J connectivity index is 1.39. The Morgan fingerprint density at radius 1 is 1.03 bits per heavy atom. The summed E-state index contributed by atoms with van der Waals surface area (Å²) in [7, 11) is 0. The normalized spacial score (nSPS) is 16.1. The van der Waals surface area contributed by atoms with Crippen LogP contribution in [-0.4, -0.2) is 40.1 Å². The van der Waals surface area contributed by atoms with Crippen LogP contribution in [-0.2, 0) is 0 Å². The lowest BCUT2D eigenvalue weighted by Crippen LogP contribution is -2.41. The molecule has 160 valence electrons. The topological polar surface area (TPSA) is 87.2 Å². The fourth-order valence-corrected chi connectivity index (χ4v) is 4.45. The Morgan fingerprint density at radius 3 is 2.58 bits per heavy atom. The van der Waals surface area contributed by atoms with Gasteiger partial charge in [-0.25, -0.2) is 4.79 Å². The largest absolute Gasteiger partial charge is 0.324 e. The van der Waals surface area contributed by atoms with Crippen LogP contribution < -0.4 is 10.6 Å². The number of urea groups is 1. The maximum Gasteiger partial charge on any atom is 0.321 e. The molecule has 1 aliphatic rings. The van der Waals surface area contributed by atoms with E-state index in [9.17, 15) is 9.59 Å². The lowest BCUT2D eigenvalue weighted by molar-refractivity contribution is 0.102. The minimum Gasteiger partial charge on any atom is -0.324 e. The van der Waals surface area contributed by atoms with E-state index < -0.39 is 0 Å². The first-order chi connectivity index (χ1) is 15.0. The van der Waals surface area contributed by atoms with E-state index in [-0.39, 0.29) is 17.9 Å². The van der Waals surface area contributed by atoms with Gasteiger partial charge in [-0.1, -0.05) is 47.2 Å². The SMILES string of the molecule is Cc1ccc(NC(=O)N2CCC[C@@H](c3nnc(C(=O)Nc4ccccc4C)s3)C2)cc1. The molecule has 2 heterocycles. The van der Waals surface area contributed by atoms with Crippen LogP contribution in [0.25, 0.3) is 0 Å². The van der Waals surface area contributed by atoms with Gasteiger partial charge >= 0.3 is 6.03 Å². The summed E-state index contributed by atoms with van der Waals surface area (Å²) >= 11 is 1.30. The third kappa shape index (κ3) is 5.08. The molecule has 1 fully saturated rings. The van der Waals surface area contributed by atoms with Gasteiger partial charge in [-0.2, -0.15) is 0 Å². The molecule has 1 aromatic heterocycles. The number of amides is 3. The molecule has 7 nitrogen and oxygen atoms in total. The number of nitrogens with one attached hydrogen (secondary N) is 2. The van der Waals surface area contributed by atoms with Crippen molar-refractivity contribution in [1.29, 1.82) is 0 Å². The Kier molecular flexibility index (Phi) is 6.27. The molecule has 1 atom stereocenters. The van der Waals surface area contributed by atoms with Gasteiger partial charge in [0, 0.05) is 30.4 Å². The molecule has 0 saturated carbocycles. The fourth-order valence-electron chi connectivity index (χ4n) is 3.58. The highest BCUT2D eigenvalue weighted by Crippen LogP contribution is 2.30. The number of likely N-dealkylation sites (tertiary alicyclic amines) is 1. The van der Waals surface area contributed by atoms with Crippen molar-refractivity contribution in [3.63, 3.8) is 0 Å². The van der Waals surface area contributed by atoms with Crippen molar-refractivity contribution in [1.82, 2.24) is 15.1 Å². The molecule has 0 spiro atoms. The van der Waals surface area contributed by atoms with Crippen molar-refractivity contribution in [2.45, 2.75) is 32.6 Å². The van der Waals surface area contributed by atoms with Gasteiger partial charge < -0.3 is 15.5 Å². The maximum absolute atomic E-state index is 12.7. The van der Waals surface area contributed by atoms with E-state index >= 15 is 0 Å². The van der Waals surface area contributed by atoms with Gasteiger partial charge in [0.15, 0.2) is 0 Å². The first kappa shape index (κ1) is 21.0. The molecule has 31 heavy (non-hydrogen) atoms. The van der Waals surface area contributed by atoms with Gasteiger partial charge in [0.1, 0.15) is 5.01 Å². The predicted octanol–water partition coefficient (Wildman–Crippen LogP) is 4.82. The fraction of sp³-hybridized carbons (Fsp3) is 0.304. The summed E-state index contributed by atoms with van der Waals surface area (Å²) in [6, 6.07) is 15.2. The molecular weight excluding hydrogens is 410 g/mol. The van der Waals surface area contributed by atoms with E-state index in [0.29, 0.717) is 18.1 Å². The van der Waals surface area contributed by atoms with Crippen LogP contribution in [0.2, 0.25) is 0 Å². The van der Waals surface area contributed by atoms with Crippen LogP contribution >= 0.6 is 11.3 Å². The highest BCUT2D eigenvalue weighted by Gasteiger charge is 2.28. The predicted molar refractivity (Wildman–Crippen MR) is 123 cm³/mol. The van der Waals surface area contributed by atoms with Gasteiger partial charge in [-0.15, -0.1) is 10.2 Å². The van der Waals surface area contributed by atoms with E-state index in [1.165, 1.54) is 11.3 Å². The highest BCUT2D eigenvalue weighted by atomic mass is 32.1. The monoisotopic (exact) mass is 435 g/mol. The quantitative estimate of drug-likeness (QED) is 0.615. The minimum atomic E-state index is -0.261. The highest BCUT2D eigenvalue weighted by molar-refractivity contribution is 7.13. The number of aryl methyl sites for hydroxylation is 2. The Labute approximate surface area is 185 Å². The average Bonchev–Trinajstić information content (AvgIpc) is 3.28. The van der Waals surface area contributed by atoms with E-state index in [1.807, 2.05) is 67.3 Å². The molecule has 0 unspecified atom stereocenters. The zero-order valence-corrected chi connectivity index (χ0v) is 18.4. The zero-order valence-electron chi connectivity index (χ0n) is 17.6. The number of piperidine rings is 1. The molecule has 2 aromatic carbocycles. The minimum absolute atomic E-state index is 0.0787. The number of anilines is 2. The maximum atomic E-state index is 12.7. The van der Waals surface area contributed by atoms with Gasteiger partial charge in [-0.3, -0.25) is 4.79 Å². The summed E-state index contributed by atoms with van der Waals surface area (Å²) in [6.07, 6.45) is 1.80. The van der Waals surface area contributed by atoms with Crippen LogP contribution in [0.1, 0.15) is 44.7 Å². The number of benzene rings is 2. The molecule has 4 rings (SSSR count). The van der Waals surface area contributed by atoms with E-state index in [0.717, 1.165) is 40.4 Å². The molecule has 8 heteroatoms. The number of hydrogen-bond acceptors (Lipinski definition) is 5. The van der Waals surface area contributed by atoms with Gasteiger partial charge in [0.25, 0.3) is 5.91 Å². The first-order valence-corrected chi connectivity index (χ1v) is 11.1. The summed E-state index contributed by atoms with van der Waals surface area (Å²) in [5.74, 6) is -0.183. The summed E-state index contributed by atoms with van der Waals surface area (Å²) in [5.41, 5.74) is 3.68. The Bertz CT molecular complexity index is 1080. The number of aromatic nitrogens is 2. The van der Waals surface area contributed by atoms with Crippen LogP contribution in [0.4, 0.5) is 16.2 Å². The molecule has 0 bridgehead atoms. The van der Waals surface area contributed by atoms with Gasteiger partial charge in [0.05, 0.1) is 0 Å². The van der Waals surface area contributed by atoms with Crippen LogP contribution in [0.3, 0.4) is 0 Å². The van der Waals surface area contributed by atoms with E-state index in [2.05, 4.69) is 20.8 Å². The number of nitrogens with zero attached hydrogens (tertiary/aromatic N) is 3. The molecule has 2 N–H and O–H groups in total. The second-order valence-electron chi connectivity index (χ2n) is 7.80. The smallest absolute Gasteiger partial charge is 0.321 e. The summed E-state index contributed by atoms with van der Waals surface area (Å²) < 4.78 is 0. The molecule has 3 aromatic rings. The van der Waals surface area contributed by atoms with Crippen molar-refractivity contribution in [3.8, 4) is 0 Å². The third-order valence-electron chi connectivity index (χ3n) is 5.39. The van der Waals surface area contributed by atoms with Crippen molar-refractivity contribution in [2.75, 3.05) is 23.7 Å². The van der Waals surface area contributed by atoms with Crippen LogP contribution in [0.5, 0.6) is 0 Å². The standard InChI is InChI=1S/C23H25N5O2S/c1-15-9-11-18(12-10-15)24-23(30)28-13-5-7-17(14-28)21-26-27-22(31-21)20(29)25-19-8-4-3-6-16(19)2/h3-4,6,8-12,17H,5,7,13-14H2,1-2H3,(H,24,30)(H,25,29)/t17-/m1/s1. The number of para-hydroxylation sites is 1. The summed E-state index contributed by atoms with van der Waals surface area (Å²) in [6.45, 7) is 5.22. The summed E-state index contributed by atoms with van der Waals surface area (Å²) in [5, 5.41) is 15.3. The van der Waals surface area contributed by atoms with Crippen molar-refractivity contribution < 1.29 is 9.59 Å². The molecule has 3 amide bonds. The van der Waals surface area contributed by atoms with Crippen molar-refractivity contribution in [3.05, 3.63) is 69.7 Å². The average molecular weight is 436 g/mol. The molecule has 1 aliphatic heterocycles. The second-order valence-corrected chi connectivity index (χ2v) is 8.80. The zero-order chi connectivity index (χ0) is 21.8. The molecular formula is C23H25N5O2S. The summed E-state index contributed by atoms with van der Waals surface area (Å²) in [4.78, 5) is 27.1. The Morgan fingerprint density at radius 2 is 1.81 bits per heavy atom. The molecule has 0 aliphatic carbocycles. The number of carbonyl (C=O) groups excluding carboxylic acids is 2. The lowest BCUT2D eigenvalue weighted by atomic mass is 9.99. The molecule has 1 saturated heterocycles. The molecule has 0 radical (unpaired) electrons. The van der Waals surface area contributed by atoms with E-state index in [4.69, 9.17) is 0 Å². The van der Waals surface area contributed by atoms with E-state index in [1.54, 1.807) is 0 Å². The first-order valence-electron chi connectivity index (χ1n) is 10.3. The van der Waals surface area contributed by atoms with Crippen molar-refractivity contribution >= 4 is 34.6 Å². The van der Waals surface area contributed by atoms with Gasteiger partial charge in [-0.05, 0) is 50.5 Å². The number of carbonyl (C=O) groups is 2. The second kappa shape index (κ2) is 9.26. The lowest BCUT2D eigenvalue weighted by Gasteiger charge is -2.31. The van der Waals surface area contributed by atoms with Crippen LogP contribution in [0.15, 0.2) is 48.5 Å².